The van der Waals surface area contributed by atoms with Gasteiger partial charge in [0.15, 0.2) is 0 Å². The zero-order chi connectivity index (χ0) is 8.97. The third-order valence-corrected chi connectivity index (χ3v) is 2.85. The predicted molar refractivity (Wildman–Crippen MR) is 51.3 cm³/mol. The van der Waals surface area contributed by atoms with E-state index in [0.29, 0.717) is 6.04 Å². The second-order valence-electron chi connectivity index (χ2n) is 4.02. The lowest BCUT2D eigenvalue weighted by Crippen LogP contribution is -2.41. The first-order valence-corrected chi connectivity index (χ1v) is 4.97. The third-order valence-electron chi connectivity index (χ3n) is 2.85. The SMILES string of the molecule is COCC(C)N1CCC(C)CC1. The Morgan fingerprint density at radius 2 is 2.00 bits per heavy atom. The first-order chi connectivity index (χ1) is 5.74. The van der Waals surface area contributed by atoms with Crippen molar-refractivity contribution in [3.8, 4) is 0 Å². The molecule has 1 fully saturated rings. The predicted octanol–water partition coefficient (Wildman–Crippen LogP) is 1.75. The standard InChI is InChI=1S/C10H21NO/c1-9-4-6-11(7-5-9)10(2)8-12-3/h9-10H,4-8H2,1-3H3. The monoisotopic (exact) mass is 171 g/mol. The second kappa shape index (κ2) is 4.83. The number of hydrogen-bond acceptors (Lipinski definition) is 2. The summed E-state index contributed by atoms with van der Waals surface area (Å²) in [6, 6.07) is 0.600. The molecule has 0 saturated carbocycles. The minimum Gasteiger partial charge on any atom is -0.383 e. The summed E-state index contributed by atoms with van der Waals surface area (Å²) in [7, 11) is 1.78. The number of ether oxygens (including phenoxy) is 1. The molecular formula is C10H21NO. The minimum absolute atomic E-state index is 0.600. The van der Waals surface area contributed by atoms with Gasteiger partial charge in [-0.1, -0.05) is 6.92 Å². The van der Waals surface area contributed by atoms with E-state index >= 15 is 0 Å². The molecule has 2 heteroatoms. The van der Waals surface area contributed by atoms with E-state index in [4.69, 9.17) is 4.74 Å². The smallest absolute Gasteiger partial charge is 0.0615 e. The molecule has 1 unspecified atom stereocenters. The van der Waals surface area contributed by atoms with Crippen molar-refractivity contribution >= 4 is 0 Å². The molecule has 0 bridgehead atoms. The Balaban J connectivity index is 2.24. The fraction of sp³-hybridized carbons (Fsp3) is 1.00. The molecule has 0 amide bonds. The number of methoxy groups -OCH3 is 1. The second-order valence-corrected chi connectivity index (χ2v) is 4.02. The molecule has 0 aliphatic carbocycles. The summed E-state index contributed by atoms with van der Waals surface area (Å²) in [5.74, 6) is 0.927. The Bertz CT molecular complexity index is 119. The van der Waals surface area contributed by atoms with Gasteiger partial charge in [0.05, 0.1) is 6.61 Å². The maximum absolute atomic E-state index is 5.14. The normalized spacial score (nSPS) is 24.2. The van der Waals surface area contributed by atoms with Gasteiger partial charge in [-0.15, -0.1) is 0 Å². The highest BCUT2D eigenvalue weighted by Crippen LogP contribution is 2.17. The Hall–Kier alpha value is -0.0800. The van der Waals surface area contributed by atoms with Gasteiger partial charge in [-0.3, -0.25) is 4.90 Å². The lowest BCUT2D eigenvalue weighted by Gasteiger charge is -2.34. The molecule has 1 saturated heterocycles. The van der Waals surface area contributed by atoms with Crippen molar-refractivity contribution in [2.45, 2.75) is 32.7 Å². The van der Waals surface area contributed by atoms with Crippen LogP contribution in [0, 0.1) is 5.92 Å². The Labute approximate surface area is 75.9 Å². The van der Waals surface area contributed by atoms with Gasteiger partial charge in [0.25, 0.3) is 0 Å². The summed E-state index contributed by atoms with van der Waals surface area (Å²) in [5, 5.41) is 0. The Morgan fingerprint density at radius 1 is 1.42 bits per heavy atom. The molecule has 0 aromatic carbocycles. The summed E-state index contributed by atoms with van der Waals surface area (Å²) >= 11 is 0. The van der Waals surface area contributed by atoms with Gasteiger partial charge in [0, 0.05) is 13.2 Å². The molecule has 1 heterocycles. The van der Waals surface area contributed by atoms with Crippen molar-refractivity contribution in [3.63, 3.8) is 0 Å². The Kier molecular flexibility index (Phi) is 4.02. The molecule has 1 rings (SSSR count). The van der Waals surface area contributed by atoms with Crippen molar-refractivity contribution in [3.05, 3.63) is 0 Å². The van der Waals surface area contributed by atoms with Gasteiger partial charge in [0.2, 0.25) is 0 Å². The fourth-order valence-corrected chi connectivity index (χ4v) is 1.82. The van der Waals surface area contributed by atoms with Crippen molar-refractivity contribution < 1.29 is 4.74 Å². The zero-order valence-corrected chi connectivity index (χ0v) is 8.55. The first-order valence-electron chi connectivity index (χ1n) is 4.97. The average molecular weight is 171 g/mol. The van der Waals surface area contributed by atoms with Crippen molar-refractivity contribution in [1.82, 2.24) is 4.90 Å². The number of likely N-dealkylation sites (tertiary alicyclic amines) is 1. The number of hydrogen-bond donors (Lipinski definition) is 0. The minimum atomic E-state index is 0.600. The molecule has 1 aliphatic rings. The van der Waals surface area contributed by atoms with Crippen LogP contribution in [-0.2, 0) is 4.74 Å². The van der Waals surface area contributed by atoms with Crippen molar-refractivity contribution in [2.24, 2.45) is 5.92 Å². The Morgan fingerprint density at radius 3 is 2.50 bits per heavy atom. The lowest BCUT2D eigenvalue weighted by atomic mass is 9.98. The van der Waals surface area contributed by atoms with E-state index < -0.39 is 0 Å². The van der Waals surface area contributed by atoms with Crippen LogP contribution in [0.2, 0.25) is 0 Å². The molecule has 72 valence electrons. The van der Waals surface area contributed by atoms with Crippen molar-refractivity contribution in [2.75, 3.05) is 26.8 Å². The largest absolute Gasteiger partial charge is 0.383 e. The maximum Gasteiger partial charge on any atom is 0.0615 e. The molecule has 0 radical (unpaired) electrons. The highest BCUT2D eigenvalue weighted by Gasteiger charge is 2.19. The van der Waals surface area contributed by atoms with Crippen LogP contribution in [0.1, 0.15) is 26.7 Å². The quantitative estimate of drug-likeness (QED) is 0.641. The van der Waals surface area contributed by atoms with Crippen LogP contribution in [0.5, 0.6) is 0 Å². The lowest BCUT2D eigenvalue weighted by molar-refractivity contribution is 0.0760. The number of piperidine rings is 1. The maximum atomic E-state index is 5.14. The van der Waals surface area contributed by atoms with Crippen LogP contribution < -0.4 is 0 Å². The molecule has 0 aromatic rings. The fourth-order valence-electron chi connectivity index (χ4n) is 1.82. The van der Waals surface area contributed by atoms with Crippen LogP contribution in [0.15, 0.2) is 0 Å². The van der Waals surface area contributed by atoms with Gasteiger partial charge < -0.3 is 4.74 Å². The first kappa shape index (κ1) is 10.0. The summed E-state index contributed by atoms with van der Waals surface area (Å²) in [5.41, 5.74) is 0. The van der Waals surface area contributed by atoms with E-state index in [1.54, 1.807) is 7.11 Å². The summed E-state index contributed by atoms with van der Waals surface area (Å²) in [4.78, 5) is 2.53. The average Bonchev–Trinajstić information content (AvgIpc) is 2.06. The van der Waals surface area contributed by atoms with Gasteiger partial charge in [-0.25, -0.2) is 0 Å². The number of nitrogens with zero attached hydrogens (tertiary/aromatic N) is 1. The molecule has 0 spiro atoms. The molecule has 1 atom stereocenters. The molecule has 1 aliphatic heterocycles. The highest BCUT2D eigenvalue weighted by molar-refractivity contribution is 4.73. The van der Waals surface area contributed by atoms with E-state index in [1.165, 1.54) is 25.9 Å². The highest BCUT2D eigenvalue weighted by atomic mass is 16.5. The van der Waals surface area contributed by atoms with Crippen LogP contribution in [0.4, 0.5) is 0 Å². The summed E-state index contributed by atoms with van der Waals surface area (Å²) < 4.78 is 5.14. The van der Waals surface area contributed by atoms with Crippen LogP contribution >= 0.6 is 0 Å². The van der Waals surface area contributed by atoms with E-state index in [0.717, 1.165) is 12.5 Å². The van der Waals surface area contributed by atoms with E-state index in [-0.39, 0.29) is 0 Å². The van der Waals surface area contributed by atoms with Crippen LogP contribution in [0.3, 0.4) is 0 Å². The van der Waals surface area contributed by atoms with E-state index in [1.807, 2.05) is 0 Å². The van der Waals surface area contributed by atoms with Gasteiger partial charge in [-0.05, 0) is 38.8 Å². The van der Waals surface area contributed by atoms with E-state index in [9.17, 15) is 0 Å². The summed E-state index contributed by atoms with van der Waals surface area (Å²) in [6.45, 7) is 7.98. The molecular weight excluding hydrogens is 150 g/mol. The van der Waals surface area contributed by atoms with Gasteiger partial charge >= 0.3 is 0 Å². The third kappa shape index (κ3) is 2.76. The molecule has 0 aromatic heterocycles. The van der Waals surface area contributed by atoms with E-state index in [2.05, 4.69) is 18.7 Å². The van der Waals surface area contributed by atoms with Crippen molar-refractivity contribution in [1.29, 1.82) is 0 Å². The zero-order valence-electron chi connectivity index (χ0n) is 8.55. The number of rotatable bonds is 3. The summed E-state index contributed by atoms with van der Waals surface area (Å²) in [6.07, 6.45) is 2.71. The molecule has 0 N–H and O–H groups in total. The van der Waals surface area contributed by atoms with Crippen LogP contribution in [-0.4, -0.2) is 37.7 Å². The van der Waals surface area contributed by atoms with Gasteiger partial charge in [0.1, 0.15) is 0 Å². The molecule has 12 heavy (non-hydrogen) atoms. The van der Waals surface area contributed by atoms with Crippen LogP contribution in [0.25, 0.3) is 0 Å². The topological polar surface area (TPSA) is 12.5 Å². The van der Waals surface area contributed by atoms with Gasteiger partial charge in [-0.2, -0.15) is 0 Å². The molecule has 2 nitrogen and oxygen atoms in total.